The van der Waals surface area contributed by atoms with E-state index in [1.165, 1.54) is 11.0 Å². The van der Waals surface area contributed by atoms with Crippen LogP contribution in [0.2, 0.25) is 11.3 Å². The first-order valence-electron chi connectivity index (χ1n) is 13.5. The number of ether oxygens (including phenoxy) is 1. The number of carbonyl (C=O) groups excluding carboxylic acids is 2. The molecule has 0 saturated carbocycles. The van der Waals surface area contributed by atoms with Gasteiger partial charge in [0.2, 0.25) is 11.8 Å². The van der Waals surface area contributed by atoms with Crippen LogP contribution >= 0.6 is 11.6 Å². The molecular weight excluding hydrogens is 517 g/mol. The van der Waals surface area contributed by atoms with Gasteiger partial charge in [-0.3, -0.25) is 14.5 Å². The second kappa shape index (κ2) is 11.7. The summed E-state index contributed by atoms with van der Waals surface area (Å²) < 4.78 is 11.6. The minimum atomic E-state index is -1.03. The summed E-state index contributed by atoms with van der Waals surface area (Å²) in [6.45, 7) is 2.42. The molecule has 2 amide bonds. The maximum absolute atomic E-state index is 13.7. The molecule has 2 aromatic rings. The highest BCUT2D eigenvalue weighted by atomic mass is 35.5. The number of anilines is 1. The predicted molar refractivity (Wildman–Crippen MR) is 151 cm³/mol. The monoisotopic (exact) mass is 549 g/mol. The highest BCUT2D eigenvalue weighted by Gasteiger charge is 2.57. The Balaban J connectivity index is 1.44. The summed E-state index contributed by atoms with van der Waals surface area (Å²) in [6, 6.07) is 13.9. The Bertz CT molecular complexity index is 1310. The van der Waals surface area contributed by atoms with E-state index in [-0.39, 0.29) is 29.8 Å². The number of imide groups is 1. The molecule has 0 unspecified atom stereocenters. The van der Waals surface area contributed by atoms with Gasteiger partial charge >= 0.3 is 7.12 Å². The van der Waals surface area contributed by atoms with Crippen LogP contribution in [0, 0.1) is 17.8 Å². The largest absolute Gasteiger partial charge is 0.508 e. The number of hydrogen-bond acceptors (Lipinski definition) is 6. The number of hydrogen-bond donors (Lipinski definition) is 2. The molecule has 0 bridgehead atoms. The molecule has 2 saturated heterocycles. The molecule has 39 heavy (non-hydrogen) atoms. The van der Waals surface area contributed by atoms with Crippen LogP contribution in [-0.2, 0) is 19.0 Å². The fourth-order valence-electron chi connectivity index (χ4n) is 6.42. The molecule has 1 aliphatic carbocycles. The number of halogens is 1. The summed E-state index contributed by atoms with van der Waals surface area (Å²) >= 11 is 6.33. The molecule has 2 fully saturated rings. The van der Waals surface area contributed by atoms with E-state index in [4.69, 9.17) is 21.0 Å². The lowest BCUT2D eigenvalue weighted by molar-refractivity contribution is -0.122. The summed E-state index contributed by atoms with van der Waals surface area (Å²) in [4.78, 5) is 28.6. The van der Waals surface area contributed by atoms with E-state index in [9.17, 15) is 19.7 Å². The van der Waals surface area contributed by atoms with Crippen LogP contribution in [0.15, 0.2) is 65.3 Å². The summed E-state index contributed by atoms with van der Waals surface area (Å²) in [7, 11) is 0.597. The number of phenols is 1. The van der Waals surface area contributed by atoms with Gasteiger partial charge in [0.25, 0.3) is 0 Å². The molecule has 3 aliphatic rings. The average Bonchev–Trinajstić information content (AvgIpc) is 3.17. The first-order valence-corrected chi connectivity index (χ1v) is 13.8. The zero-order valence-corrected chi connectivity index (χ0v) is 22.9. The molecular formula is C30H33BClNO6. The highest BCUT2D eigenvalue weighted by molar-refractivity contribution is 6.43. The summed E-state index contributed by atoms with van der Waals surface area (Å²) in [5, 5.41) is 20.9. The molecule has 7 nitrogen and oxygen atoms in total. The molecule has 2 N–H and O–H groups in total. The van der Waals surface area contributed by atoms with E-state index in [1.54, 1.807) is 31.4 Å². The molecule has 204 valence electrons. The van der Waals surface area contributed by atoms with Crippen molar-refractivity contribution in [1.82, 2.24) is 0 Å². The summed E-state index contributed by atoms with van der Waals surface area (Å²) in [5.41, 5.74) is 4.53. The Morgan fingerprint density at radius 2 is 1.95 bits per heavy atom. The van der Waals surface area contributed by atoms with Crippen LogP contribution in [0.25, 0.3) is 6.08 Å². The van der Waals surface area contributed by atoms with Gasteiger partial charge in [-0.15, -0.1) is 0 Å². The maximum atomic E-state index is 13.7. The number of rotatable bonds is 8. The standard InChI is InChI=1S/C30H33BClNO6/c1-3-18(13-19-10-11-22(34)15-25(19)32)9-12-26-27-20(17-38-2)14-23-28(24(27)16-31(37)39-26)30(36)33(29(23)35)21-7-5-4-6-8-21/h4-8,10-11,13,15,23-24,26,28,34,37H,3,9,12,14,16-17H2,1-2H3/b18-13+/t23-,24+,26-,28-/m1/s1. The van der Waals surface area contributed by atoms with Crippen LogP contribution in [0.4, 0.5) is 5.69 Å². The summed E-state index contributed by atoms with van der Waals surface area (Å²) in [6.07, 6.45) is 4.42. The number of fused-ring (bicyclic) bond motifs is 3. The minimum Gasteiger partial charge on any atom is -0.508 e. The molecule has 5 rings (SSSR count). The third-order valence-corrected chi connectivity index (χ3v) is 8.49. The van der Waals surface area contributed by atoms with Crippen molar-refractivity contribution in [1.29, 1.82) is 0 Å². The number of aromatic hydroxyl groups is 1. The number of phenolic OH excluding ortho intramolecular Hbond substituents is 1. The van der Waals surface area contributed by atoms with E-state index in [0.29, 0.717) is 36.6 Å². The number of carbonyl (C=O) groups is 2. The quantitative estimate of drug-likeness (QED) is 0.265. The van der Waals surface area contributed by atoms with Crippen molar-refractivity contribution in [3.8, 4) is 5.75 Å². The number of amides is 2. The minimum absolute atomic E-state index is 0.116. The highest BCUT2D eigenvalue weighted by Crippen LogP contribution is 2.51. The number of benzene rings is 2. The number of nitrogens with zero attached hydrogens (tertiary/aromatic N) is 1. The van der Waals surface area contributed by atoms with E-state index >= 15 is 0 Å². The van der Waals surface area contributed by atoms with Crippen LogP contribution in [0.5, 0.6) is 5.75 Å². The first kappa shape index (κ1) is 27.7. The maximum Gasteiger partial charge on any atom is 0.455 e. The fourth-order valence-corrected chi connectivity index (χ4v) is 6.65. The Hall–Kier alpha value is -2.91. The number of allylic oxidation sites excluding steroid dienone is 1. The van der Waals surface area contributed by atoms with Crippen LogP contribution in [0.3, 0.4) is 0 Å². The van der Waals surface area contributed by atoms with Crippen molar-refractivity contribution in [2.24, 2.45) is 17.8 Å². The van der Waals surface area contributed by atoms with Gasteiger partial charge in [0, 0.05) is 7.11 Å². The van der Waals surface area contributed by atoms with E-state index < -0.39 is 25.1 Å². The molecule has 0 radical (unpaired) electrons. The normalized spacial score (nSPS) is 25.3. The van der Waals surface area contributed by atoms with Gasteiger partial charge in [-0.25, -0.2) is 0 Å². The Labute approximate surface area is 234 Å². The number of para-hydroxylation sites is 1. The zero-order valence-electron chi connectivity index (χ0n) is 22.2. The lowest BCUT2D eigenvalue weighted by Gasteiger charge is -2.43. The second-order valence-electron chi connectivity index (χ2n) is 10.5. The molecule has 2 aliphatic heterocycles. The molecule has 4 atom stereocenters. The van der Waals surface area contributed by atoms with Crippen molar-refractivity contribution in [2.45, 2.75) is 45.0 Å². The lowest BCUT2D eigenvalue weighted by Crippen LogP contribution is -2.46. The van der Waals surface area contributed by atoms with E-state index in [1.807, 2.05) is 24.3 Å². The second-order valence-corrected chi connectivity index (χ2v) is 10.9. The van der Waals surface area contributed by atoms with Gasteiger partial charge in [-0.1, -0.05) is 48.4 Å². The molecule has 9 heteroatoms. The zero-order chi connectivity index (χ0) is 27.7. The van der Waals surface area contributed by atoms with Crippen LogP contribution < -0.4 is 4.90 Å². The molecule has 2 aromatic carbocycles. The van der Waals surface area contributed by atoms with E-state index in [2.05, 4.69) is 6.92 Å². The van der Waals surface area contributed by atoms with Gasteiger partial charge in [0.15, 0.2) is 0 Å². The van der Waals surface area contributed by atoms with Crippen LogP contribution in [0.1, 0.15) is 38.2 Å². The SMILES string of the molecule is CC/C(=C\c1ccc(O)cc1Cl)CC[C@H]1OB(O)C[C@H]2C1=C(COC)C[C@H]1C(=O)N(c3ccccc3)C(=O)[C@H]12. The van der Waals surface area contributed by atoms with Gasteiger partial charge in [0.05, 0.1) is 35.3 Å². The summed E-state index contributed by atoms with van der Waals surface area (Å²) in [5.74, 6) is -1.60. The van der Waals surface area contributed by atoms with Gasteiger partial charge in [-0.2, -0.15) is 0 Å². The Morgan fingerprint density at radius 1 is 1.18 bits per heavy atom. The third kappa shape index (κ3) is 5.44. The van der Waals surface area contributed by atoms with Crippen molar-refractivity contribution in [3.63, 3.8) is 0 Å². The average molecular weight is 550 g/mol. The van der Waals surface area contributed by atoms with Crippen LogP contribution in [-0.4, -0.2) is 48.9 Å². The molecule has 0 aromatic heterocycles. The first-order chi connectivity index (χ1) is 18.8. The van der Waals surface area contributed by atoms with Crippen molar-refractivity contribution >= 4 is 42.3 Å². The van der Waals surface area contributed by atoms with Crippen molar-refractivity contribution < 1.29 is 29.1 Å². The Kier molecular flexibility index (Phi) is 8.28. The Morgan fingerprint density at radius 3 is 2.64 bits per heavy atom. The van der Waals surface area contributed by atoms with Crippen molar-refractivity contribution in [3.05, 3.63) is 75.8 Å². The predicted octanol–water partition coefficient (Wildman–Crippen LogP) is 5.27. The van der Waals surface area contributed by atoms with E-state index in [0.717, 1.165) is 28.7 Å². The van der Waals surface area contributed by atoms with Gasteiger partial charge < -0.3 is 19.5 Å². The number of methoxy groups -OCH3 is 1. The molecule has 0 spiro atoms. The van der Waals surface area contributed by atoms with Gasteiger partial charge in [-0.05, 0) is 85.0 Å². The fraction of sp³-hybridized carbons (Fsp3) is 0.400. The van der Waals surface area contributed by atoms with Crippen molar-refractivity contribution in [2.75, 3.05) is 18.6 Å². The molecule has 2 heterocycles. The topological polar surface area (TPSA) is 96.3 Å². The van der Waals surface area contributed by atoms with Gasteiger partial charge in [0.1, 0.15) is 5.75 Å². The lowest BCUT2D eigenvalue weighted by atomic mass is 9.58. The smallest absolute Gasteiger partial charge is 0.455 e. The third-order valence-electron chi connectivity index (χ3n) is 8.17.